The number of carbonyl (C=O) groups excluding carboxylic acids is 1. The van der Waals surface area contributed by atoms with Gasteiger partial charge >= 0.3 is 5.97 Å². The average molecular weight is 254 g/mol. The molecule has 0 saturated carbocycles. The molecular weight excluding hydrogens is 236 g/mol. The molecule has 4 heteroatoms. The first kappa shape index (κ1) is 14.1. The number of esters is 1. The summed E-state index contributed by atoms with van der Waals surface area (Å²) in [5.41, 5.74) is 2.83. The van der Waals surface area contributed by atoms with Gasteiger partial charge in [-0.3, -0.25) is 0 Å². The van der Waals surface area contributed by atoms with Gasteiger partial charge in [0.1, 0.15) is 0 Å². The fourth-order valence-electron chi connectivity index (χ4n) is 1.55. The Balaban J connectivity index is 3.11. The number of carbonyl (C=O) groups is 1. The van der Waals surface area contributed by atoms with Gasteiger partial charge in [-0.25, -0.2) is 4.79 Å². The van der Waals surface area contributed by atoms with Crippen LogP contribution in [0.3, 0.4) is 0 Å². The number of aliphatic hydroxyl groups excluding tert-OH is 1. The van der Waals surface area contributed by atoms with Crippen molar-refractivity contribution < 1.29 is 14.6 Å². The van der Waals surface area contributed by atoms with E-state index in [1.807, 2.05) is 32.2 Å². The lowest BCUT2D eigenvalue weighted by molar-refractivity contribution is -0.153. The molecule has 1 atom stereocenters. The highest BCUT2D eigenvalue weighted by atomic mass is 32.2. The van der Waals surface area contributed by atoms with Gasteiger partial charge in [0.2, 0.25) is 0 Å². The Kier molecular flexibility index (Phi) is 5.02. The normalized spacial score (nSPS) is 12.3. The van der Waals surface area contributed by atoms with Gasteiger partial charge in [-0.05, 0) is 44.2 Å². The Morgan fingerprint density at radius 1 is 1.41 bits per heavy atom. The van der Waals surface area contributed by atoms with Crippen molar-refractivity contribution in [3.8, 4) is 0 Å². The molecule has 0 fully saturated rings. The predicted molar refractivity (Wildman–Crippen MR) is 69.3 cm³/mol. The lowest BCUT2D eigenvalue weighted by Crippen LogP contribution is -2.16. The molecule has 1 aromatic rings. The maximum absolute atomic E-state index is 11.5. The van der Waals surface area contributed by atoms with Crippen molar-refractivity contribution in [2.45, 2.75) is 31.8 Å². The van der Waals surface area contributed by atoms with E-state index in [2.05, 4.69) is 0 Å². The van der Waals surface area contributed by atoms with E-state index in [1.54, 1.807) is 6.92 Å². The van der Waals surface area contributed by atoms with E-state index in [1.165, 1.54) is 11.8 Å². The summed E-state index contributed by atoms with van der Waals surface area (Å²) in [6, 6.07) is 3.83. The van der Waals surface area contributed by atoms with Crippen LogP contribution in [0.2, 0.25) is 0 Å². The van der Waals surface area contributed by atoms with Crippen LogP contribution >= 0.6 is 11.8 Å². The van der Waals surface area contributed by atoms with Crippen molar-refractivity contribution >= 4 is 17.7 Å². The molecule has 94 valence electrons. The number of hydrogen-bond donors (Lipinski definition) is 1. The summed E-state index contributed by atoms with van der Waals surface area (Å²) in [7, 11) is 0. The van der Waals surface area contributed by atoms with Gasteiger partial charge in [-0.2, -0.15) is 0 Å². The molecule has 0 saturated heterocycles. The van der Waals surface area contributed by atoms with E-state index >= 15 is 0 Å². The van der Waals surface area contributed by atoms with Crippen LogP contribution in [0.1, 0.15) is 29.7 Å². The minimum absolute atomic E-state index is 0.273. The maximum atomic E-state index is 11.5. The Hall–Kier alpha value is -1.00. The topological polar surface area (TPSA) is 46.5 Å². The zero-order chi connectivity index (χ0) is 13.0. The first-order valence-electron chi connectivity index (χ1n) is 5.51. The number of rotatable bonds is 4. The van der Waals surface area contributed by atoms with E-state index in [0.29, 0.717) is 5.56 Å². The fraction of sp³-hybridized carbons (Fsp3) is 0.462. The summed E-state index contributed by atoms with van der Waals surface area (Å²) in [4.78, 5) is 12.4. The van der Waals surface area contributed by atoms with Gasteiger partial charge in [0.15, 0.2) is 6.10 Å². The smallest absolute Gasteiger partial charge is 0.339 e. The van der Waals surface area contributed by atoms with Gasteiger partial charge in [-0.1, -0.05) is 6.07 Å². The van der Waals surface area contributed by atoms with Crippen LogP contribution in [0.5, 0.6) is 0 Å². The minimum atomic E-state index is -1.20. The molecule has 0 bridgehead atoms. The van der Waals surface area contributed by atoms with Gasteiger partial charge in [-0.15, -0.1) is 11.8 Å². The van der Waals surface area contributed by atoms with Gasteiger partial charge in [0.25, 0.3) is 0 Å². The third-order valence-electron chi connectivity index (χ3n) is 2.65. The second kappa shape index (κ2) is 6.07. The van der Waals surface area contributed by atoms with Crippen molar-refractivity contribution in [3.63, 3.8) is 0 Å². The van der Waals surface area contributed by atoms with Crippen LogP contribution in [-0.4, -0.2) is 23.9 Å². The first-order chi connectivity index (χ1) is 8.01. The molecule has 1 unspecified atom stereocenters. The standard InChI is InChI=1S/C13H18O3S/c1-5-16-13(15)12(14)10-6-8(2)9(3)7-11(10)17-4/h6-7,12,14H,5H2,1-4H3. The molecule has 0 amide bonds. The Morgan fingerprint density at radius 3 is 2.53 bits per heavy atom. The van der Waals surface area contributed by atoms with Crippen LogP contribution in [0.25, 0.3) is 0 Å². The molecular formula is C13H18O3S. The van der Waals surface area contributed by atoms with E-state index < -0.39 is 12.1 Å². The van der Waals surface area contributed by atoms with E-state index in [0.717, 1.165) is 16.0 Å². The van der Waals surface area contributed by atoms with Crippen molar-refractivity contribution in [2.24, 2.45) is 0 Å². The zero-order valence-corrected chi connectivity index (χ0v) is 11.4. The van der Waals surface area contributed by atoms with Crippen LogP contribution in [0, 0.1) is 13.8 Å². The second-order valence-corrected chi connectivity index (χ2v) is 4.68. The summed E-state index contributed by atoms with van der Waals surface area (Å²) in [6.07, 6.45) is 0.725. The number of ether oxygens (including phenoxy) is 1. The lowest BCUT2D eigenvalue weighted by atomic mass is 10.0. The number of benzene rings is 1. The summed E-state index contributed by atoms with van der Waals surface area (Å²) >= 11 is 1.51. The van der Waals surface area contributed by atoms with Crippen LogP contribution in [0.4, 0.5) is 0 Å². The molecule has 0 aliphatic rings. The molecule has 17 heavy (non-hydrogen) atoms. The fourth-order valence-corrected chi connectivity index (χ4v) is 2.25. The molecule has 0 aliphatic carbocycles. The van der Waals surface area contributed by atoms with E-state index in [9.17, 15) is 9.90 Å². The Morgan fingerprint density at radius 2 is 2.00 bits per heavy atom. The van der Waals surface area contributed by atoms with Crippen molar-refractivity contribution in [1.29, 1.82) is 0 Å². The second-order valence-electron chi connectivity index (χ2n) is 3.83. The van der Waals surface area contributed by atoms with Crippen LogP contribution in [-0.2, 0) is 9.53 Å². The lowest BCUT2D eigenvalue weighted by Gasteiger charge is -2.15. The van der Waals surface area contributed by atoms with E-state index in [4.69, 9.17) is 4.74 Å². The number of aryl methyl sites for hydroxylation is 2. The molecule has 0 radical (unpaired) electrons. The largest absolute Gasteiger partial charge is 0.464 e. The summed E-state index contributed by atoms with van der Waals surface area (Å²) < 4.78 is 4.83. The highest BCUT2D eigenvalue weighted by molar-refractivity contribution is 7.98. The Bertz CT molecular complexity index is 415. The van der Waals surface area contributed by atoms with Crippen molar-refractivity contribution in [3.05, 3.63) is 28.8 Å². The summed E-state index contributed by atoms with van der Waals surface area (Å²) in [6.45, 7) is 5.96. The van der Waals surface area contributed by atoms with Crippen LogP contribution < -0.4 is 0 Å². The summed E-state index contributed by atoms with van der Waals surface area (Å²) in [5.74, 6) is -0.592. The maximum Gasteiger partial charge on any atom is 0.339 e. The highest BCUT2D eigenvalue weighted by Gasteiger charge is 2.22. The number of thioether (sulfide) groups is 1. The predicted octanol–water partition coefficient (Wildman–Crippen LogP) is 2.62. The molecule has 1 aromatic carbocycles. The molecule has 0 aliphatic heterocycles. The molecule has 1 N–H and O–H groups in total. The van der Waals surface area contributed by atoms with Gasteiger partial charge in [0, 0.05) is 10.5 Å². The third-order valence-corrected chi connectivity index (χ3v) is 3.44. The molecule has 1 rings (SSSR count). The molecule has 0 spiro atoms. The average Bonchev–Trinajstić information content (AvgIpc) is 2.31. The first-order valence-corrected chi connectivity index (χ1v) is 6.73. The van der Waals surface area contributed by atoms with E-state index in [-0.39, 0.29) is 6.61 Å². The Labute approximate surface area is 106 Å². The number of hydrogen-bond acceptors (Lipinski definition) is 4. The molecule has 0 heterocycles. The third kappa shape index (κ3) is 3.23. The molecule has 3 nitrogen and oxygen atoms in total. The summed E-state index contributed by atoms with van der Waals surface area (Å²) in [5, 5.41) is 9.96. The van der Waals surface area contributed by atoms with Crippen molar-refractivity contribution in [1.82, 2.24) is 0 Å². The van der Waals surface area contributed by atoms with Crippen LogP contribution in [0.15, 0.2) is 17.0 Å². The van der Waals surface area contributed by atoms with Gasteiger partial charge < -0.3 is 9.84 Å². The quantitative estimate of drug-likeness (QED) is 0.663. The monoisotopic (exact) mass is 254 g/mol. The SMILES string of the molecule is CCOC(=O)C(O)c1cc(C)c(C)cc1SC. The minimum Gasteiger partial charge on any atom is -0.464 e. The zero-order valence-electron chi connectivity index (χ0n) is 10.6. The van der Waals surface area contributed by atoms with Crippen molar-refractivity contribution in [2.75, 3.05) is 12.9 Å². The van der Waals surface area contributed by atoms with Gasteiger partial charge in [0.05, 0.1) is 6.61 Å². The highest BCUT2D eigenvalue weighted by Crippen LogP contribution is 2.29. The number of aliphatic hydroxyl groups is 1. The molecule has 0 aromatic heterocycles.